The summed E-state index contributed by atoms with van der Waals surface area (Å²) in [6.45, 7) is 1.88. The number of aryl methyl sites for hydroxylation is 1. The molecule has 0 fully saturated rings. The van der Waals surface area contributed by atoms with E-state index >= 15 is 0 Å². The molecule has 5 heteroatoms. The molecule has 15 heavy (non-hydrogen) atoms. The van der Waals surface area contributed by atoms with E-state index in [-0.39, 0.29) is 0 Å². The van der Waals surface area contributed by atoms with Gasteiger partial charge in [0.25, 0.3) is 0 Å². The second-order valence-corrected chi connectivity index (χ2v) is 4.06. The summed E-state index contributed by atoms with van der Waals surface area (Å²) in [6, 6.07) is 3.44. The Labute approximate surface area is 96.3 Å². The number of nitrogens with zero attached hydrogens (tertiary/aromatic N) is 1. The van der Waals surface area contributed by atoms with E-state index in [1.54, 1.807) is 12.1 Å². The molecule has 0 saturated heterocycles. The molecule has 1 aromatic carbocycles. The van der Waals surface area contributed by atoms with Crippen LogP contribution in [-0.4, -0.2) is 16.4 Å². The van der Waals surface area contributed by atoms with E-state index in [9.17, 15) is 0 Å². The Morgan fingerprint density at radius 3 is 2.80 bits per heavy atom. The number of fused-ring (bicyclic) bond motifs is 1. The van der Waals surface area contributed by atoms with Gasteiger partial charge < -0.3 is 10.2 Å². The third kappa shape index (κ3) is 1.68. The van der Waals surface area contributed by atoms with E-state index in [4.69, 9.17) is 28.4 Å². The van der Waals surface area contributed by atoms with Gasteiger partial charge in [-0.25, -0.2) is 0 Å². The maximum absolute atomic E-state index is 8.55. The smallest absolute Gasteiger partial charge is 0.0758 e. The largest absolute Gasteiger partial charge is 0.411 e. The van der Waals surface area contributed by atoms with Crippen molar-refractivity contribution in [2.24, 2.45) is 5.16 Å². The van der Waals surface area contributed by atoms with Crippen molar-refractivity contribution in [2.75, 3.05) is 0 Å². The summed E-state index contributed by atoms with van der Waals surface area (Å²) in [7, 11) is 0. The molecule has 2 N–H and O–H groups in total. The lowest BCUT2D eigenvalue weighted by atomic mass is 10.1. The molecule has 0 atom stereocenters. The van der Waals surface area contributed by atoms with Crippen LogP contribution in [0.1, 0.15) is 11.3 Å². The Balaban J connectivity index is 2.86. The maximum Gasteiger partial charge on any atom is 0.0758 e. The van der Waals surface area contributed by atoms with Gasteiger partial charge in [-0.3, -0.25) is 0 Å². The molecule has 0 unspecified atom stereocenters. The van der Waals surface area contributed by atoms with Crippen LogP contribution in [0.15, 0.2) is 17.3 Å². The molecule has 1 aromatic heterocycles. The van der Waals surface area contributed by atoms with Crippen molar-refractivity contribution in [3.05, 3.63) is 33.4 Å². The summed E-state index contributed by atoms with van der Waals surface area (Å²) in [5.74, 6) is 0. The average Bonchev–Trinajstić information content (AvgIpc) is 2.43. The molecular weight excluding hydrogens is 235 g/mol. The van der Waals surface area contributed by atoms with Gasteiger partial charge in [0, 0.05) is 27.2 Å². The van der Waals surface area contributed by atoms with Crippen molar-refractivity contribution < 1.29 is 5.21 Å². The van der Waals surface area contributed by atoms with Crippen molar-refractivity contribution in [3.8, 4) is 0 Å². The highest BCUT2D eigenvalue weighted by molar-refractivity contribution is 6.39. The van der Waals surface area contributed by atoms with Gasteiger partial charge in [-0.15, -0.1) is 0 Å². The molecule has 2 aromatic rings. The van der Waals surface area contributed by atoms with Crippen LogP contribution in [0.5, 0.6) is 0 Å². The minimum atomic E-state index is 0.539. The quantitative estimate of drug-likeness (QED) is 0.448. The average molecular weight is 243 g/mol. The van der Waals surface area contributed by atoms with Crippen LogP contribution < -0.4 is 0 Å². The number of hydrogen-bond acceptors (Lipinski definition) is 2. The first-order chi connectivity index (χ1) is 7.13. The fourth-order valence-electron chi connectivity index (χ4n) is 1.62. The van der Waals surface area contributed by atoms with Gasteiger partial charge in [0.2, 0.25) is 0 Å². The molecule has 0 aliphatic heterocycles. The number of rotatable bonds is 1. The van der Waals surface area contributed by atoms with Crippen LogP contribution in [0, 0.1) is 6.92 Å². The molecule has 3 nitrogen and oxygen atoms in total. The van der Waals surface area contributed by atoms with Crippen LogP contribution in [0.4, 0.5) is 0 Å². The summed E-state index contributed by atoms with van der Waals surface area (Å²) in [5.41, 5.74) is 2.49. The predicted octanol–water partition coefficient (Wildman–Crippen LogP) is 3.59. The molecule has 0 bridgehead atoms. The number of benzene rings is 1. The fourth-order valence-corrected chi connectivity index (χ4v) is 2.22. The molecular formula is C10H8Cl2N2O. The summed E-state index contributed by atoms with van der Waals surface area (Å²) in [5, 5.41) is 13.5. The first-order valence-corrected chi connectivity index (χ1v) is 5.04. The summed E-state index contributed by atoms with van der Waals surface area (Å²) < 4.78 is 0. The van der Waals surface area contributed by atoms with Crippen LogP contribution >= 0.6 is 23.2 Å². The summed E-state index contributed by atoms with van der Waals surface area (Å²) in [6.07, 6.45) is 1.36. The Hall–Kier alpha value is -1.19. The van der Waals surface area contributed by atoms with Gasteiger partial charge in [-0.2, -0.15) is 0 Å². The standard InChI is InChI=1S/C10H8Cl2N2O/c1-5-7(4-13-15)10-8(12)2-6(11)3-9(10)14-5/h2-4,14-15H,1H3. The Bertz CT molecular complexity index is 546. The van der Waals surface area contributed by atoms with E-state index in [0.29, 0.717) is 10.0 Å². The molecule has 0 aliphatic carbocycles. The SMILES string of the molecule is Cc1[nH]c2cc(Cl)cc(Cl)c2c1C=NO. The molecule has 1 heterocycles. The topological polar surface area (TPSA) is 48.4 Å². The van der Waals surface area contributed by atoms with Gasteiger partial charge >= 0.3 is 0 Å². The van der Waals surface area contributed by atoms with Crippen LogP contribution in [0.2, 0.25) is 10.0 Å². The Morgan fingerprint density at radius 1 is 1.40 bits per heavy atom. The minimum Gasteiger partial charge on any atom is -0.411 e. The third-order valence-electron chi connectivity index (χ3n) is 2.24. The lowest BCUT2D eigenvalue weighted by Crippen LogP contribution is -1.82. The van der Waals surface area contributed by atoms with E-state index in [0.717, 1.165) is 22.2 Å². The predicted molar refractivity (Wildman–Crippen MR) is 62.4 cm³/mol. The third-order valence-corrected chi connectivity index (χ3v) is 2.75. The van der Waals surface area contributed by atoms with Gasteiger partial charge in [0.1, 0.15) is 0 Å². The lowest BCUT2D eigenvalue weighted by molar-refractivity contribution is 0.322. The van der Waals surface area contributed by atoms with Crippen molar-refractivity contribution >= 4 is 40.3 Å². The molecule has 0 radical (unpaired) electrons. The van der Waals surface area contributed by atoms with Gasteiger partial charge in [-0.1, -0.05) is 28.4 Å². The van der Waals surface area contributed by atoms with E-state index in [1.807, 2.05) is 6.92 Å². The van der Waals surface area contributed by atoms with E-state index < -0.39 is 0 Å². The number of aromatic nitrogens is 1. The van der Waals surface area contributed by atoms with Gasteiger partial charge in [0.05, 0.1) is 11.2 Å². The van der Waals surface area contributed by atoms with Crippen LogP contribution in [0.25, 0.3) is 10.9 Å². The monoisotopic (exact) mass is 242 g/mol. The Morgan fingerprint density at radius 2 is 2.13 bits per heavy atom. The number of hydrogen-bond donors (Lipinski definition) is 2. The van der Waals surface area contributed by atoms with E-state index in [1.165, 1.54) is 6.21 Å². The zero-order chi connectivity index (χ0) is 11.0. The van der Waals surface area contributed by atoms with Crippen molar-refractivity contribution in [2.45, 2.75) is 6.92 Å². The highest BCUT2D eigenvalue weighted by atomic mass is 35.5. The maximum atomic E-state index is 8.55. The second-order valence-electron chi connectivity index (χ2n) is 3.22. The van der Waals surface area contributed by atoms with Crippen LogP contribution in [-0.2, 0) is 0 Å². The van der Waals surface area contributed by atoms with Crippen molar-refractivity contribution in [1.82, 2.24) is 4.98 Å². The number of nitrogens with one attached hydrogen (secondary N) is 1. The molecule has 0 aliphatic rings. The molecule has 0 amide bonds. The highest BCUT2D eigenvalue weighted by Gasteiger charge is 2.11. The summed E-state index contributed by atoms with van der Waals surface area (Å²) in [4.78, 5) is 3.12. The van der Waals surface area contributed by atoms with Crippen LogP contribution in [0.3, 0.4) is 0 Å². The van der Waals surface area contributed by atoms with Crippen molar-refractivity contribution in [1.29, 1.82) is 0 Å². The number of H-pyrrole nitrogens is 1. The van der Waals surface area contributed by atoms with E-state index in [2.05, 4.69) is 10.1 Å². The second kappa shape index (κ2) is 3.76. The molecule has 78 valence electrons. The fraction of sp³-hybridized carbons (Fsp3) is 0.100. The number of aromatic amines is 1. The zero-order valence-electron chi connectivity index (χ0n) is 7.88. The highest BCUT2D eigenvalue weighted by Crippen LogP contribution is 2.31. The Kier molecular flexibility index (Phi) is 2.59. The first kappa shape index (κ1) is 10.3. The van der Waals surface area contributed by atoms with Gasteiger partial charge in [0.15, 0.2) is 0 Å². The summed E-state index contributed by atoms with van der Waals surface area (Å²) >= 11 is 11.9. The minimum absolute atomic E-state index is 0.539. The number of oxime groups is 1. The number of halogens is 2. The first-order valence-electron chi connectivity index (χ1n) is 4.28. The lowest BCUT2D eigenvalue weighted by Gasteiger charge is -1.97. The zero-order valence-corrected chi connectivity index (χ0v) is 9.39. The molecule has 2 rings (SSSR count). The van der Waals surface area contributed by atoms with Gasteiger partial charge in [-0.05, 0) is 19.1 Å². The molecule has 0 spiro atoms. The van der Waals surface area contributed by atoms with Crippen molar-refractivity contribution in [3.63, 3.8) is 0 Å². The molecule has 0 saturated carbocycles. The normalized spacial score (nSPS) is 11.7.